The normalized spacial score (nSPS) is 15.2. The lowest BCUT2D eigenvalue weighted by Crippen LogP contribution is -2.48. The van der Waals surface area contributed by atoms with Crippen LogP contribution in [-0.4, -0.2) is 51.3 Å². The van der Waals surface area contributed by atoms with Crippen molar-refractivity contribution in [3.05, 3.63) is 83.0 Å². The predicted octanol–water partition coefficient (Wildman–Crippen LogP) is 5.22. The summed E-state index contributed by atoms with van der Waals surface area (Å²) in [6.45, 7) is 2.91. The summed E-state index contributed by atoms with van der Waals surface area (Å²) >= 11 is 6.41. The van der Waals surface area contributed by atoms with Gasteiger partial charge in [-0.1, -0.05) is 41.9 Å². The molecule has 6 nitrogen and oxygen atoms in total. The van der Waals surface area contributed by atoms with Crippen LogP contribution in [0.15, 0.2) is 65.4 Å². The number of carbonyl (C=O) groups excluding carboxylic acids is 1. The summed E-state index contributed by atoms with van der Waals surface area (Å²) in [7, 11) is 0. The third kappa shape index (κ3) is 4.28. The van der Waals surface area contributed by atoms with E-state index in [1.54, 1.807) is 17.0 Å². The minimum atomic E-state index is -4.69. The Labute approximate surface area is 198 Å². The average Bonchev–Trinajstić information content (AvgIpc) is 3.47. The quantitative estimate of drug-likeness (QED) is 0.395. The molecule has 1 amide bonds. The van der Waals surface area contributed by atoms with Crippen LogP contribution in [0.25, 0.3) is 17.0 Å². The topological polar surface area (TPSA) is 54.0 Å². The van der Waals surface area contributed by atoms with Gasteiger partial charge in [0.05, 0.1) is 11.8 Å². The van der Waals surface area contributed by atoms with Crippen molar-refractivity contribution in [2.75, 3.05) is 26.2 Å². The Morgan fingerprint density at radius 1 is 1.06 bits per heavy atom. The van der Waals surface area contributed by atoms with Gasteiger partial charge in [0.15, 0.2) is 11.3 Å². The number of piperazine rings is 1. The van der Waals surface area contributed by atoms with Crippen LogP contribution >= 0.6 is 11.6 Å². The number of rotatable bonds is 4. The molecule has 0 bridgehead atoms. The molecule has 3 aromatic heterocycles. The molecular formula is C24H20ClF3N4O2. The van der Waals surface area contributed by atoms with Crippen molar-refractivity contribution in [2.24, 2.45) is 0 Å². The number of hydrogen-bond donors (Lipinski definition) is 0. The largest absolute Gasteiger partial charge is 0.464 e. The first kappa shape index (κ1) is 22.5. The average molecular weight is 489 g/mol. The molecule has 0 unspecified atom stereocenters. The molecule has 0 radical (unpaired) electrons. The van der Waals surface area contributed by atoms with Gasteiger partial charge >= 0.3 is 6.18 Å². The van der Waals surface area contributed by atoms with E-state index in [0.29, 0.717) is 26.2 Å². The molecule has 1 aliphatic heterocycles. The van der Waals surface area contributed by atoms with Gasteiger partial charge in [0.25, 0.3) is 5.91 Å². The molecule has 1 aliphatic rings. The molecule has 1 aromatic carbocycles. The number of imidazole rings is 1. The van der Waals surface area contributed by atoms with Gasteiger partial charge in [-0.2, -0.15) is 13.2 Å². The van der Waals surface area contributed by atoms with Gasteiger partial charge in [-0.3, -0.25) is 14.1 Å². The maximum atomic E-state index is 13.8. The smallest absolute Gasteiger partial charge is 0.420 e. The Kier molecular flexibility index (Phi) is 5.83. The third-order valence-electron chi connectivity index (χ3n) is 5.88. The van der Waals surface area contributed by atoms with E-state index in [1.165, 1.54) is 18.0 Å². The van der Waals surface area contributed by atoms with E-state index < -0.39 is 23.3 Å². The van der Waals surface area contributed by atoms with Crippen LogP contribution in [-0.2, 0) is 12.7 Å². The molecule has 34 heavy (non-hydrogen) atoms. The minimum Gasteiger partial charge on any atom is -0.464 e. The van der Waals surface area contributed by atoms with E-state index in [-0.39, 0.29) is 22.2 Å². The Morgan fingerprint density at radius 3 is 2.44 bits per heavy atom. The summed E-state index contributed by atoms with van der Waals surface area (Å²) in [5.74, 6) is -0.236. The molecule has 1 saturated heterocycles. The Hall–Kier alpha value is -3.30. The van der Waals surface area contributed by atoms with E-state index >= 15 is 0 Å². The monoisotopic (exact) mass is 488 g/mol. The first-order chi connectivity index (χ1) is 16.3. The van der Waals surface area contributed by atoms with E-state index in [4.69, 9.17) is 16.0 Å². The SMILES string of the molecule is O=C(c1nc2c(C(F)(F)F)cc(-c3ccco3)cn2c1Cl)N1CCN(Cc2ccccc2)CC1. The number of halogens is 4. The van der Waals surface area contributed by atoms with Crippen LogP contribution in [0.4, 0.5) is 13.2 Å². The molecule has 5 rings (SSSR count). The van der Waals surface area contributed by atoms with E-state index in [0.717, 1.165) is 17.0 Å². The van der Waals surface area contributed by atoms with E-state index in [9.17, 15) is 18.0 Å². The lowest BCUT2D eigenvalue weighted by atomic mass is 10.1. The summed E-state index contributed by atoms with van der Waals surface area (Å²) in [6, 6.07) is 14.1. The fraction of sp³-hybridized carbons (Fsp3) is 0.250. The maximum Gasteiger partial charge on any atom is 0.420 e. The lowest BCUT2D eigenvalue weighted by molar-refractivity contribution is -0.136. The summed E-state index contributed by atoms with van der Waals surface area (Å²) in [5, 5.41) is -0.161. The number of amides is 1. The van der Waals surface area contributed by atoms with Gasteiger partial charge in [0.2, 0.25) is 0 Å². The predicted molar refractivity (Wildman–Crippen MR) is 121 cm³/mol. The molecule has 0 N–H and O–H groups in total. The van der Waals surface area contributed by atoms with Gasteiger partial charge in [-0.25, -0.2) is 4.98 Å². The zero-order valence-corrected chi connectivity index (χ0v) is 18.7. The van der Waals surface area contributed by atoms with Crippen LogP contribution in [0, 0.1) is 0 Å². The molecule has 1 fully saturated rings. The second-order valence-electron chi connectivity index (χ2n) is 8.12. The fourth-order valence-electron chi connectivity index (χ4n) is 4.14. The van der Waals surface area contributed by atoms with Gasteiger partial charge in [0, 0.05) is 44.5 Å². The minimum absolute atomic E-state index is 0.161. The fourth-order valence-corrected chi connectivity index (χ4v) is 4.39. The third-order valence-corrected chi connectivity index (χ3v) is 6.25. The number of nitrogens with zero attached hydrogens (tertiary/aromatic N) is 4. The molecule has 0 spiro atoms. The molecule has 4 heterocycles. The summed E-state index contributed by atoms with van der Waals surface area (Å²) in [6.07, 6.45) is -1.93. The molecule has 176 valence electrons. The van der Waals surface area contributed by atoms with Crippen LogP contribution in [0.3, 0.4) is 0 Å². The molecular weight excluding hydrogens is 469 g/mol. The van der Waals surface area contributed by atoms with Crippen molar-refractivity contribution in [3.63, 3.8) is 0 Å². The van der Waals surface area contributed by atoms with Crippen molar-refractivity contribution in [2.45, 2.75) is 12.7 Å². The number of furan rings is 1. The highest BCUT2D eigenvalue weighted by Gasteiger charge is 2.37. The molecule has 0 aliphatic carbocycles. The van der Waals surface area contributed by atoms with Crippen molar-refractivity contribution >= 4 is 23.2 Å². The van der Waals surface area contributed by atoms with E-state index in [2.05, 4.69) is 9.88 Å². The number of fused-ring (bicyclic) bond motifs is 1. The number of benzene rings is 1. The van der Waals surface area contributed by atoms with Crippen LogP contribution in [0.2, 0.25) is 5.15 Å². The van der Waals surface area contributed by atoms with Crippen molar-refractivity contribution in [1.29, 1.82) is 0 Å². The number of pyridine rings is 1. The summed E-state index contributed by atoms with van der Waals surface area (Å²) in [4.78, 5) is 21.0. The first-order valence-electron chi connectivity index (χ1n) is 10.7. The maximum absolute atomic E-state index is 13.8. The van der Waals surface area contributed by atoms with Gasteiger partial charge in [-0.05, 0) is 23.8 Å². The first-order valence-corrected chi connectivity index (χ1v) is 11.1. The zero-order chi connectivity index (χ0) is 23.9. The number of carbonyl (C=O) groups is 1. The van der Waals surface area contributed by atoms with Crippen molar-refractivity contribution in [3.8, 4) is 11.3 Å². The van der Waals surface area contributed by atoms with Gasteiger partial charge in [0.1, 0.15) is 10.9 Å². The molecule has 10 heteroatoms. The summed E-state index contributed by atoms with van der Waals surface area (Å²) in [5.41, 5.74) is -0.246. The Balaban J connectivity index is 1.41. The van der Waals surface area contributed by atoms with Crippen LogP contribution in [0.5, 0.6) is 0 Å². The number of aromatic nitrogens is 2. The number of hydrogen-bond acceptors (Lipinski definition) is 4. The van der Waals surface area contributed by atoms with Crippen molar-refractivity contribution < 1.29 is 22.4 Å². The van der Waals surface area contributed by atoms with Gasteiger partial charge < -0.3 is 9.32 Å². The van der Waals surface area contributed by atoms with E-state index in [1.807, 2.05) is 30.3 Å². The highest BCUT2D eigenvalue weighted by atomic mass is 35.5. The molecule has 4 aromatic rings. The Bertz CT molecular complexity index is 1310. The second kappa shape index (κ2) is 8.81. The highest BCUT2D eigenvalue weighted by molar-refractivity contribution is 6.33. The molecule has 0 atom stereocenters. The van der Waals surface area contributed by atoms with Crippen LogP contribution in [0.1, 0.15) is 21.6 Å². The number of alkyl halides is 3. The summed E-state index contributed by atoms with van der Waals surface area (Å²) < 4.78 is 47.8. The van der Waals surface area contributed by atoms with Crippen LogP contribution < -0.4 is 0 Å². The molecule has 0 saturated carbocycles. The highest BCUT2D eigenvalue weighted by Crippen LogP contribution is 2.37. The Morgan fingerprint density at radius 2 is 1.79 bits per heavy atom. The zero-order valence-electron chi connectivity index (χ0n) is 17.9. The second-order valence-corrected chi connectivity index (χ2v) is 8.47. The van der Waals surface area contributed by atoms with Gasteiger partial charge in [-0.15, -0.1) is 0 Å². The standard InChI is InChI=1S/C24H20ClF3N4O2/c25-21-20(23(33)31-10-8-30(9-11-31)14-16-5-2-1-3-6-16)29-22-18(24(26,27)28)13-17(15-32(21)22)19-7-4-12-34-19/h1-7,12-13,15H,8-11,14H2. The van der Waals surface area contributed by atoms with Crippen molar-refractivity contribution in [1.82, 2.24) is 19.2 Å². The lowest BCUT2D eigenvalue weighted by Gasteiger charge is -2.34.